The van der Waals surface area contributed by atoms with E-state index in [4.69, 9.17) is 5.26 Å². The summed E-state index contributed by atoms with van der Waals surface area (Å²) in [5.41, 5.74) is 0.570. The van der Waals surface area contributed by atoms with Gasteiger partial charge in [-0.25, -0.2) is 0 Å². The molecule has 0 spiro atoms. The Bertz CT molecular complexity index is 510. The van der Waals surface area contributed by atoms with Gasteiger partial charge in [-0.05, 0) is 12.1 Å². The fourth-order valence-electron chi connectivity index (χ4n) is 1.20. The van der Waals surface area contributed by atoms with Gasteiger partial charge in [-0.1, -0.05) is 0 Å². The van der Waals surface area contributed by atoms with Crippen LogP contribution < -0.4 is 0 Å². The number of thiol groups is 1. The Kier molecular flexibility index (Phi) is 1.91. The largest absolute Gasteiger partial charge is 0.506 e. The maximum absolute atomic E-state index is 9.47. The van der Waals surface area contributed by atoms with Crippen LogP contribution in [0.2, 0.25) is 0 Å². The van der Waals surface area contributed by atoms with Gasteiger partial charge in [0.15, 0.2) is 0 Å². The van der Waals surface area contributed by atoms with Crippen LogP contribution in [0.25, 0.3) is 10.1 Å². The van der Waals surface area contributed by atoms with Crippen LogP contribution in [0.3, 0.4) is 0 Å². The van der Waals surface area contributed by atoms with Gasteiger partial charge in [-0.15, -0.1) is 24.0 Å². The van der Waals surface area contributed by atoms with Gasteiger partial charge in [-0.3, -0.25) is 0 Å². The highest BCUT2D eigenvalue weighted by Crippen LogP contribution is 2.36. The third-order valence-corrected chi connectivity index (χ3v) is 3.17. The molecule has 0 atom stereocenters. The third-order valence-electron chi connectivity index (χ3n) is 1.80. The number of nitriles is 1. The van der Waals surface area contributed by atoms with Gasteiger partial charge in [0.25, 0.3) is 0 Å². The molecular weight excluding hydrogens is 202 g/mol. The van der Waals surface area contributed by atoms with Crippen molar-refractivity contribution in [1.29, 1.82) is 5.26 Å². The van der Waals surface area contributed by atoms with E-state index in [-0.39, 0.29) is 5.75 Å². The van der Waals surface area contributed by atoms with Crippen molar-refractivity contribution in [2.24, 2.45) is 0 Å². The molecule has 2 nitrogen and oxygen atoms in total. The van der Waals surface area contributed by atoms with E-state index in [0.29, 0.717) is 5.56 Å². The second-order valence-corrected chi connectivity index (χ2v) is 3.93. The van der Waals surface area contributed by atoms with E-state index < -0.39 is 0 Å². The molecule has 1 aromatic heterocycles. The summed E-state index contributed by atoms with van der Waals surface area (Å²) < 4.78 is 0.726. The van der Waals surface area contributed by atoms with E-state index in [2.05, 4.69) is 18.7 Å². The van der Waals surface area contributed by atoms with Crippen molar-refractivity contribution in [3.63, 3.8) is 0 Å². The number of aromatic hydroxyl groups is 1. The van der Waals surface area contributed by atoms with Gasteiger partial charge >= 0.3 is 0 Å². The molecule has 2 aromatic rings. The van der Waals surface area contributed by atoms with E-state index in [1.165, 1.54) is 11.3 Å². The first-order valence-electron chi connectivity index (χ1n) is 3.56. The molecule has 0 unspecified atom stereocenters. The Labute approximate surface area is 84.5 Å². The van der Waals surface area contributed by atoms with E-state index in [0.717, 1.165) is 15.0 Å². The summed E-state index contributed by atoms with van der Waals surface area (Å²) >= 11 is 5.59. The second kappa shape index (κ2) is 2.95. The van der Waals surface area contributed by atoms with Gasteiger partial charge in [0, 0.05) is 15.7 Å². The molecule has 64 valence electrons. The molecule has 0 aliphatic carbocycles. The highest BCUT2D eigenvalue weighted by atomic mass is 32.1. The smallest absolute Gasteiger partial charge is 0.133 e. The van der Waals surface area contributed by atoms with Crippen LogP contribution in [-0.4, -0.2) is 5.11 Å². The Morgan fingerprint density at radius 1 is 1.46 bits per heavy atom. The molecule has 2 rings (SSSR count). The van der Waals surface area contributed by atoms with Gasteiger partial charge in [0.1, 0.15) is 11.8 Å². The van der Waals surface area contributed by atoms with Crippen molar-refractivity contribution in [2.45, 2.75) is 4.90 Å². The molecule has 0 fully saturated rings. The van der Waals surface area contributed by atoms with Gasteiger partial charge in [-0.2, -0.15) is 5.26 Å². The normalized spacial score (nSPS) is 10.2. The molecular formula is C9H5NOS2. The number of rotatable bonds is 0. The lowest BCUT2D eigenvalue weighted by Gasteiger charge is -1.97. The zero-order valence-corrected chi connectivity index (χ0v) is 8.19. The molecule has 0 aliphatic rings. The number of hydrogen-bond acceptors (Lipinski definition) is 4. The van der Waals surface area contributed by atoms with E-state index in [1.54, 1.807) is 17.5 Å². The van der Waals surface area contributed by atoms with E-state index in [9.17, 15) is 5.11 Å². The fourth-order valence-corrected chi connectivity index (χ4v) is 2.52. The van der Waals surface area contributed by atoms with Crippen molar-refractivity contribution in [2.75, 3.05) is 0 Å². The van der Waals surface area contributed by atoms with Crippen molar-refractivity contribution < 1.29 is 5.11 Å². The van der Waals surface area contributed by atoms with Gasteiger partial charge in [0.2, 0.25) is 0 Å². The van der Waals surface area contributed by atoms with Crippen molar-refractivity contribution in [3.8, 4) is 11.8 Å². The minimum Gasteiger partial charge on any atom is -0.506 e. The van der Waals surface area contributed by atoms with Crippen molar-refractivity contribution in [1.82, 2.24) is 0 Å². The summed E-state index contributed by atoms with van der Waals surface area (Å²) in [6.45, 7) is 0. The summed E-state index contributed by atoms with van der Waals surface area (Å²) in [5, 5.41) is 20.7. The maximum Gasteiger partial charge on any atom is 0.133 e. The predicted octanol–water partition coefficient (Wildman–Crippen LogP) is 2.77. The minimum atomic E-state index is 0.208. The molecule has 0 amide bonds. The molecule has 0 bridgehead atoms. The predicted molar refractivity (Wildman–Crippen MR) is 55.5 cm³/mol. The van der Waals surface area contributed by atoms with E-state index in [1.807, 2.05) is 0 Å². The van der Waals surface area contributed by atoms with Gasteiger partial charge in [0.05, 0.1) is 10.3 Å². The van der Waals surface area contributed by atoms with E-state index >= 15 is 0 Å². The topological polar surface area (TPSA) is 44.0 Å². The maximum atomic E-state index is 9.47. The Hall–Kier alpha value is -1.18. The van der Waals surface area contributed by atoms with Crippen LogP contribution in [-0.2, 0) is 0 Å². The monoisotopic (exact) mass is 207 g/mol. The number of thiophene rings is 1. The quantitative estimate of drug-likeness (QED) is 0.652. The number of benzene rings is 1. The summed E-state index contributed by atoms with van der Waals surface area (Å²) in [7, 11) is 0. The lowest BCUT2D eigenvalue weighted by Crippen LogP contribution is -1.73. The fraction of sp³-hybridized carbons (Fsp3) is 0. The van der Waals surface area contributed by atoms with Crippen LogP contribution >= 0.6 is 24.0 Å². The number of hydrogen-bond donors (Lipinski definition) is 2. The standard InChI is InChI=1S/C9H5NOS2/c10-3-5-4-13-9-6(11)1-2-7(12)8(5)9/h1-2,4,11-12H. The minimum absolute atomic E-state index is 0.208. The molecule has 0 aliphatic heterocycles. The summed E-state index contributed by atoms with van der Waals surface area (Å²) in [6, 6.07) is 5.34. The lowest BCUT2D eigenvalue weighted by molar-refractivity contribution is 0.482. The molecule has 1 N–H and O–H groups in total. The number of fused-ring (bicyclic) bond motifs is 1. The zero-order chi connectivity index (χ0) is 9.42. The summed E-state index contributed by atoms with van der Waals surface area (Å²) in [6.07, 6.45) is 0. The van der Waals surface area contributed by atoms with Gasteiger partial charge < -0.3 is 5.11 Å². The Morgan fingerprint density at radius 2 is 2.23 bits per heavy atom. The molecule has 1 aromatic carbocycles. The number of nitrogens with zero attached hydrogens (tertiary/aromatic N) is 1. The SMILES string of the molecule is N#Cc1csc2c(O)ccc(S)c12. The van der Waals surface area contributed by atoms with Crippen molar-refractivity contribution in [3.05, 3.63) is 23.1 Å². The molecule has 13 heavy (non-hydrogen) atoms. The highest BCUT2D eigenvalue weighted by molar-refractivity contribution is 7.80. The molecule has 0 saturated carbocycles. The van der Waals surface area contributed by atoms with Crippen LogP contribution in [0.15, 0.2) is 22.4 Å². The van der Waals surface area contributed by atoms with Crippen LogP contribution in [0.4, 0.5) is 0 Å². The average molecular weight is 207 g/mol. The Morgan fingerprint density at radius 3 is 2.92 bits per heavy atom. The molecule has 0 radical (unpaired) electrons. The molecule has 4 heteroatoms. The summed E-state index contributed by atoms with van der Waals surface area (Å²) in [4.78, 5) is 0.727. The molecule has 1 heterocycles. The first kappa shape index (κ1) is 8.42. The molecule has 0 saturated heterocycles. The zero-order valence-electron chi connectivity index (χ0n) is 6.48. The second-order valence-electron chi connectivity index (χ2n) is 2.57. The first-order chi connectivity index (χ1) is 6.24. The third kappa shape index (κ3) is 1.17. The highest BCUT2D eigenvalue weighted by Gasteiger charge is 2.09. The van der Waals surface area contributed by atoms with Crippen LogP contribution in [0, 0.1) is 11.3 Å². The van der Waals surface area contributed by atoms with Crippen molar-refractivity contribution >= 4 is 34.1 Å². The lowest BCUT2D eigenvalue weighted by atomic mass is 10.2. The number of phenolic OH excluding ortho intramolecular Hbond substituents is 1. The first-order valence-corrected chi connectivity index (χ1v) is 4.89. The Balaban J connectivity index is 2.98. The summed E-state index contributed by atoms with van der Waals surface area (Å²) in [5.74, 6) is 0.208. The van der Waals surface area contributed by atoms with Crippen LogP contribution in [0.1, 0.15) is 5.56 Å². The average Bonchev–Trinajstić information content (AvgIpc) is 2.56. The number of phenols is 1. The van der Waals surface area contributed by atoms with Crippen LogP contribution in [0.5, 0.6) is 5.75 Å².